The van der Waals surface area contributed by atoms with Crippen molar-refractivity contribution in [1.29, 1.82) is 5.41 Å². The lowest BCUT2D eigenvalue weighted by Gasteiger charge is -2.29. The van der Waals surface area contributed by atoms with Crippen LogP contribution in [0.2, 0.25) is 0 Å². The number of rotatable bonds is 12. The number of unbranched alkanes of at least 4 members (excludes halogenated alkanes) is 2. The number of esters is 2. The van der Waals surface area contributed by atoms with E-state index in [2.05, 4.69) is 19.9 Å². The van der Waals surface area contributed by atoms with E-state index in [-0.39, 0.29) is 23.8 Å². The molecule has 1 N–H and O–H groups in total. The Morgan fingerprint density at radius 3 is 2.05 bits per heavy atom. The molecule has 0 aromatic heterocycles. The van der Waals surface area contributed by atoms with Crippen molar-refractivity contribution in [3.8, 4) is 11.5 Å². The Morgan fingerprint density at radius 1 is 0.800 bits per heavy atom. The van der Waals surface area contributed by atoms with Gasteiger partial charge in [-0.05, 0) is 111 Å². The molecule has 0 radical (unpaired) electrons. The molecule has 0 atom stereocenters. The Bertz CT molecular complexity index is 1110. The molecule has 40 heavy (non-hydrogen) atoms. The van der Waals surface area contributed by atoms with E-state index in [0.29, 0.717) is 48.7 Å². The predicted molar refractivity (Wildman–Crippen MR) is 160 cm³/mol. The molecular weight excluding hydrogens is 498 g/mol. The van der Waals surface area contributed by atoms with Gasteiger partial charge in [0.15, 0.2) is 0 Å². The predicted octanol–water partition coefficient (Wildman–Crippen LogP) is 8.81. The SMILES string of the molecule is CCCCCc1ccc(OC(=O)C2CCC(C(=O)Oc3ccc(C4CCC(CCC)CC4)cc3C=N)CC2)cc1. The molecule has 0 unspecified atom stereocenters. The Kier molecular flexibility index (Phi) is 11.4. The minimum Gasteiger partial charge on any atom is -0.426 e. The topological polar surface area (TPSA) is 76.5 Å². The summed E-state index contributed by atoms with van der Waals surface area (Å²) in [6.07, 6.45) is 15.9. The third kappa shape index (κ3) is 8.28. The maximum Gasteiger partial charge on any atom is 0.314 e. The molecule has 2 aromatic rings. The van der Waals surface area contributed by atoms with Crippen molar-refractivity contribution in [2.75, 3.05) is 0 Å². The molecule has 5 nitrogen and oxygen atoms in total. The monoisotopic (exact) mass is 545 g/mol. The molecule has 2 aliphatic carbocycles. The smallest absolute Gasteiger partial charge is 0.314 e. The van der Waals surface area contributed by atoms with Crippen LogP contribution in [0.15, 0.2) is 42.5 Å². The summed E-state index contributed by atoms with van der Waals surface area (Å²) in [6, 6.07) is 13.8. The molecule has 0 spiro atoms. The van der Waals surface area contributed by atoms with Crippen molar-refractivity contribution in [2.45, 2.75) is 110 Å². The molecule has 0 bridgehead atoms. The van der Waals surface area contributed by atoms with Crippen LogP contribution in [-0.2, 0) is 16.0 Å². The number of carbonyl (C=O) groups is 2. The Labute approximate surface area is 240 Å². The first kappa shape index (κ1) is 30.0. The van der Waals surface area contributed by atoms with Gasteiger partial charge in [0.1, 0.15) is 11.5 Å². The average molecular weight is 546 g/mol. The Balaban J connectivity index is 1.24. The fourth-order valence-electron chi connectivity index (χ4n) is 6.48. The molecule has 2 aliphatic rings. The fraction of sp³-hybridized carbons (Fsp3) is 0.571. The first-order valence-electron chi connectivity index (χ1n) is 15.7. The van der Waals surface area contributed by atoms with Crippen molar-refractivity contribution < 1.29 is 19.1 Å². The number of nitrogens with one attached hydrogen (secondary N) is 1. The van der Waals surface area contributed by atoms with Gasteiger partial charge in [0.05, 0.1) is 11.8 Å². The van der Waals surface area contributed by atoms with E-state index in [1.54, 1.807) is 0 Å². The molecule has 216 valence electrons. The van der Waals surface area contributed by atoms with Crippen molar-refractivity contribution in [1.82, 2.24) is 0 Å². The van der Waals surface area contributed by atoms with E-state index in [1.165, 1.54) is 75.1 Å². The van der Waals surface area contributed by atoms with Crippen LogP contribution in [0.25, 0.3) is 0 Å². The van der Waals surface area contributed by atoms with Gasteiger partial charge in [0, 0.05) is 11.8 Å². The molecule has 5 heteroatoms. The fourth-order valence-corrected chi connectivity index (χ4v) is 6.48. The van der Waals surface area contributed by atoms with Gasteiger partial charge in [0.2, 0.25) is 0 Å². The highest BCUT2D eigenvalue weighted by molar-refractivity contribution is 5.85. The molecule has 4 rings (SSSR count). The number of hydrogen-bond donors (Lipinski definition) is 1. The van der Waals surface area contributed by atoms with Gasteiger partial charge in [-0.1, -0.05) is 57.7 Å². The summed E-state index contributed by atoms with van der Waals surface area (Å²) in [4.78, 5) is 25.8. The van der Waals surface area contributed by atoms with Crippen LogP contribution in [0, 0.1) is 23.2 Å². The van der Waals surface area contributed by atoms with Gasteiger partial charge >= 0.3 is 11.9 Å². The van der Waals surface area contributed by atoms with Gasteiger partial charge in [-0.3, -0.25) is 9.59 Å². The van der Waals surface area contributed by atoms with Gasteiger partial charge in [-0.25, -0.2) is 0 Å². The number of aryl methyl sites for hydroxylation is 1. The minimum atomic E-state index is -0.263. The second-order valence-electron chi connectivity index (χ2n) is 11.9. The summed E-state index contributed by atoms with van der Waals surface area (Å²) in [5.74, 6) is 1.51. The first-order valence-corrected chi connectivity index (χ1v) is 15.7. The highest BCUT2D eigenvalue weighted by Crippen LogP contribution is 2.39. The zero-order valence-corrected chi connectivity index (χ0v) is 24.5. The molecule has 0 amide bonds. The number of carbonyl (C=O) groups excluding carboxylic acids is 2. The van der Waals surface area contributed by atoms with Crippen LogP contribution < -0.4 is 9.47 Å². The van der Waals surface area contributed by atoms with Gasteiger partial charge < -0.3 is 14.9 Å². The molecule has 0 heterocycles. The van der Waals surface area contributed by atoms with Crippen molar-refractivity contribution >= 4 is 18.2 Å². The Morgan fingerprint density at radius 2 is 1.45 bits per heavy atom. The van der Waals surface area contributed by atoms with Crippen LogP contribution in [0.3, 0.4) is 0 Å². The summed E-state index contributed by atoms with van der Waals surface area (Å²) >= 11 is 0. The molecule has 0 saturated heterocycles. The third-order valence-corrected chi connectivity index (χ3v) is 9.02. The highest BCUT2D eigenvalue weighted by Gasteiger charge is 2.32. The van der Waals surface area contributed by atoms with Gasteiger partial charge in [0.25, 0.3) is 0 Å². The summed E-state index contributed by atoms with van der Waals surface area (Å²) in [6.45, 7) is 4.46. The van der Waals surface area contributed by atoms with Gasteiger partial charge in [-0.15, -0.1) is 0 Å². The first-order chi connectivity index (χ1) is 19.5. The number of benzene rings is 2. The number of hydrogen-bond acceptors (Lipinski definition) is 5. The molecular formula is C35H47NO4. The van der Waals surface area contributed by atoms with Crippen molar-refractivity contribution in [3.63, 3.8) is 0 Å². The van der Waals surface area contributed by atoms with Crippen molar-refractivity contribution in [3.05, 3.63) is 59.2 Å². The minimum absolute atomic E-state index is 0.197. The molecule has 2 aromatic carbocycles. The largest absolute Gasteiger partial charge is 0.426 e. The van der Waals surface area contributed by atoms with E-state index < -0.39 is 0 Å². The average Bonchev–Trinajstić information content (AvgIpc) is 2.99. The molecule has 0 aliphatic heterocycles. The lowest BCUT2D eigenvalue weighted by atomic mass is 9.77. The molecule has 2 saturated carbocycles. The highest BCUT2D eigenvalue weighted by atomic mass is 16.5. The third-order valence-electron chi connectivity index (χ3n) is 9.02. The van der Waals surface area contributed by atoms with E-state index in [4.69, 9.17) is 14.9 Å². The standard InChI is InChI=1S/C35H47NO4/c1-3-5-6-8-26-11-20-32(21-12-26)39-34(37)28-15-17-29(18-16-28)35(38)40-33-22-19-30(23-31(33)24-36)27-13-9-25(7-4-2)10-14-27/h11-12,19-25,27-29,36H,3-10,13-18H2,1-2H3. The van der Waals surface area contributed by atoms with Crippen LogP contribution in [0.4, 0.5) is 0 Å². The van der Waals surface area contributed by atoms with Crippen LogP contribution in [-0.4, -0.2) is 18.2 Å². The summed E-state index contributed by atoms with van der Waals surface area (Å²) in [5, 5.41) is 7.92. The summed E-state index contributed by atoms with van der Waals surface area (Å²) in [7, 11) is 0. The van der Waals surface area contributed by atoms with Gasteiger partial charge in [-0.2, -0.15) is 0 Å². The second-order valence-corrected chi connectivity index (χ2v) is 11.9. The lowest BCUT2D eigenvalue weighted by Crippen LogP contribution is -2.30. The van der Waals surface area contributed by atoms with Crippen molar-refractivity contribution in [2.24, 2.45) is 17.8 Å². The normalized spacial score (nSPS) is 22.9. The molecule has 2 fully saturated rings. The zero-order valence-electron chi connectivity index (χ0n) is 24.5. The Hall–Kier alpha value is -2.95. The maximum atomic E-state index is 13.0. The summed E-state index contributed by atoms with van der Waals surface area (Å²) in [5.41, 5.74) is 3.18. The van der Waals surface area contributed by atoms with Crippen LogP contribution >= 0.6 is 0 Å². The van der Waals surface area contributed by atoms with E-state index in [1.807, 2.05) is 36.4 Å². The van der Waals surface area contributed by atoms with Crippen LogP contribution in [0.1, 0.15) is 120 Å². The van der Waals surface area contributed by atoms with E-state index >= 15 is 0 Å². The summed E-state index contributed by atoms with van der Waals surface area (Å²) < 4.78 is 11.5. The quantitative estimate of drug-likeness (QED) is 0.125. The second kappa shape index (κ2) is 15.2. The zero-order chi connectivity index (χ0) is 28.3. The van der Waals surface area contributed by atoms with E-state index in [9.17, 15) is 9.59 Å². The van der Waals surface area contributed by atoms with E-state index in [0.717, 1.165) is 12.3 Å². The maximum absolute atomic E-state index is 13.0. The van der Waals surface area contributed by atoms with Crippen LogP contribution in [0.5, 0.6) is 11.5 Å². The lowest BCUT2D eigenvalue weighted by molar-refractivity contribution is -0.145. The number of ether oxygens (including phenoxy) is 2.